The minimum atomic E-state index is -0.593. The smallest absolute Gasteiger partial charge is 0.267 e. The van der Waals surface area contributed by atoms with E-state index in [2.05, 4.69) is 10.6 Å². The van der Waals surface area contributed by atoms with E-state index in [1.165, 1.54) is 12.3 Å². The van der Waals surface area contributed by atoms with Gasteiger partial charge in [0.2, 0.25) is 0 Å². The molecule has 0 radical (unpaired) electrons. The number of phenols is 1. The molecule has 1 amide bonds. The first kappa shape index (κ1) is 17.4. The van der Waals surface area contributed by atoms with Gasteiger partial charge < -0.3 is 15.7 Å². The van der Waals surface area contributed by atoms with Crippen molar-refractivity contribution in [3.8, 4) is 11.8 Å². The fraction of sp³-hybridized carbons (Fsp3) is 0.111. The molecule has 0 aliphatic carbocycles. The SMILES string of the molecule is N#C/C(=C/NCCc1ccccc1Cl)C(=O)Nc1ccccc1O. The van der Waals surface area contributed by atoms with Gasteiger partial charge in [0.25, 0.3) is 5.91 Å². The fourth-order valence-electron chi connectivity index (χ4n) is 2.00. The predicted molar refractivity (Wildman–Crippen MR) is 93.6 cm³/mol. The maximum Gasteiger partial charge on any atom is 0.267 e. The number of hydrogen-bond donors (Lipinski definition) is 3. The molecule has 0 atom stereocenters. The lowest BCUT2D eigenvalue weighted by atomic mass is 10.1. The first-order chi connectivity index (χ1) is 11.6. The molecule has 122 valence electrons. The lowest BCUT2D eigenvalue weighted by molar-refractivity contribution is -0.112. The van der Waals surface area contributed by atoms with Crippen LogP contribution in [0.5, 0.6) is 5.75 Å². The Labute approximate surface area is 145 Å². The summed E-state index contributed by atoms with van der Waals surface area (Å²) in [5, 5.41) is 24.8. The Morgan fingerprint density at radius 2 is 1.92 bits per heavy atom. The summed E-state index contributed by atoms with van der Waals surface area (Å²) in [6.07, 6.45) is 2.02. The highest BCUT2D eigenvalue weighted by Crippen LogP contribution is 2.21. The molecule has 0 aromatic heterocycles. The number of anilines is 1. The normalized spacial score (nSPS) is 10.8. The van der Waals surface area contributed by atoms with Crippen molar-refractivity contribution in [3.63, 3.8) is 0 Å². The molecule has 2 aromatic rings. The summed E-state index contributed by atoms with van der Waals surface area (Å²) < 4.78 is 0. The quantitative estimate of drug-likeness (QED) is 0.326. The first-order valence-electron chi connectivity index (χ1n) is 7.28. The van der Waals surface area contributed by atoms with Crippen LogP contribution >= 0.6 is 11.6 Å². The van der Waals surface area contributed by atoms with Gasteiger partial charge in [-0.05, 0) is 30.2 Å². The number of para-hydroxylation sites is 2. The van der Waals surface area contributed by atoms with Crippen LogP contribution in [0.2, 0.25) is 5.02 Å². The highest BCUT2D eigenvalue weighted by atomic mass is 35.5. The van der Waals surface area contributed by atoms with Crippen LogP contribution in [0.3, 0.4) is 0 Å². The molecule has 0 heterocycles. The molecule has 0 aliphatic heterocycles. The Balaban J connectivity index is 1.92. The van der Waals surface area contributed by atoms with Crippen LogP contribution in [-0.2, 0) is 11.2 Å². The number of nitrogens with zero attached hydrogens (tertiary/aromatic N) is 1. The second-order valence-corrected chi connectivity index (χ2v) is 5.34. The zero-order valence-corrected chi connectivity index (χ0v) is 13.5. The standard InChI is InChI=1S/C18H16ClN3O2/c19-15-6-2-1-5-13(15)9-10-21-12-14(11-20)18(24)22-16-7-3-4-8-17(16)23/h1-8,12,21,23H,9-10H2,(H,22,24)/b14-12-. The minimum Gasteiger partial charge on any atom is -0.506 e. The van der Waals surface area contributed by atoms with Crippen LogP contribution in [-0.4, -0.2) is 17.6 Å². The second kappa shape index (κ2) is 8.61. The predicted octanol–water partition coefficient (Wildman–Crippen LogP) is 3.22. The van der Waals surface area contributed by atoms with Crippen LogP contribution in [0.1, 0.15) is 5.56 Å². The van der Waals surface area contributed by atoms with Crippen molar-refractivity contribution in [1.29, 1.82) is 5.26 Å². The van der Waals surface area contributed by atoms with Crippen LogP contribution < -0.4 is 10.6 Å². The van der Waals surface area contributed by atoms with Gasteiger partial charge in [-0.3, -0.25) is 4.79 Å². The topological polar surface area (TPSA) is 85.2 Å². The van der Waals surface area contributed by atoms with Crippen molar-refractivity contribution in [2.75, 3.05) is 11.9 Å². The van der Waals surface area contributed by atoms with Crippen LogP contribution in [0.25, 0.3) is 0 Å². The largest absolute Gasteiger partial charge is 0.506 e. The van der Waals surface area contributed by atoms with E-state index in [0.29, 0.717) is 18.0 Å². The maximum absolute atomic E-state index is 12.0. The third-order valence-electron chi connectivity index (χ3n) is 3.26. The number of carbonyl (C=O) groups is 1. The monoisotopic (exact) mass is 341 g/mol. The molecule has 0 fully saturated rings. The van der Waals surface area contributed by atoms with Crippen molar-refractivity contribution in [1.82, 2.24) is 5.32 Å². The molecule has 3 N–H and O–H groups in total. The number of halogens is 1. The average Bonchev–Trinajstić information content (AvgIpc) is 2.58. The summed E-state index contributed by atoms with van der Waals surface area (Å²) in [5.74, 6) is -0.654. The average molecular weight is 342 g/mol. The molecule has 24 heavy (non-hydrogen) atoms. The van der Waals surface area contributed by atoms with E-state index in [-0.39, 0.29) is 17.0 Å². The van der Waals surface area contributed by atoms with Gasteiger partial charge in [-0.2, -0.15) is 5.26 Å². The molecule has 2 rings (SSSR count). The van der Waals surface area contributed by atoms with E-state index in [4.69, 9.17) is 16.9 Å². The lowest BCUT2D eigenvalue weighted by Gasteiger charge is -2.07. The van der Waals surface area contributed by atoms with Crippen molar-refractivity contribution in [3.05, 3.63) is 70.9 Å². The first-order valence-corrected chi connectivity index (χ1v) is 7.66. The summed E-state index contributed by atoms with van der Waals surface area (Å²) in [4.78, 5) is 12.0. The van der Waals surface area contributed by atoms with Crippen molar-refractivity contribution in [2.24, 2.45) is 0 Å². The number of rotatable bonds is 6. The van der Waals surface area contributed by atoms with Crippen molar-refractivity contribution >= 4 is 23.2 Å². The zero-order valence-electron chi connectivity index (χ0n) is 12.8. The van der Waals surface area contributed by atoms with Crippen LogP contribution in [0.4, 0.5) is 5.69 Å². The number of amides is 1. The molecule has 2 aromatic carbocycles. The number of hydrogen-bond acceptors (Lipinski definition) is 4. The van der Waals surface area contributed by atoms with Crippen molar-refractivity contribution < 1.29 is 9.90 Å². The Bertz CT molecular complexity index is 797. The molecule has 6 heteroatoms. The van der Waals surface area contributed by atoms with E-state index in [0.717, 1.165) is 5.56 Å². The number of nitrogens with one attached hydrogen (secondary N) is 2. The number of phenolic OH excluding ortho intramolecular Hbond substituents is 1. The number of aromatic hydroxyl groups is 1. The maximum atomic E-state index is 12.0. The van der Waals surface area contributed by atoms with Gasteiger partial charge >= 0.3 is 0 Å². The number of benzene rings is 2. The lowest BCUT2D eigenvalue weighted by Crippen LogP contribution is -2.18. The highest BCUT2D eigenvalue weighted by molar-refractivity contribution is 6.31. The molecular weight excluding hydrogens is 326 g/mol. The summed E-state index contributed by atoms with van der Waals surface area (Å²) in [5.41, 5.74) is 1.15. The third-order valence-corrected chi connectivity index (χ3v) is 3.63. The molecule has 0 aliphatic rings. The molecule has 5 nitrogen and oxygen atoms in total. The molecule has 0 saturated heterocycles. The fourth-order valence-corrected chi connectivity index (χ4v) is 2.23. The van der Waals surface area contributed by atoms with E-state index in [1.54, 1.807) is 18.2 Å². The van der Waals surface area contributed by atoms with Gasteiger partial charge in [0.1, 0.15) is 17.4 Å². The van der Waals surface area contributed by atoms with Gasteiger partial charge in [-0.25, -0.2) is 0 Å². The summed E-state index contributed by atoms with van der Waals surface area (Å²) in [6, 6.07) is 15.6. The van der Waals surface area contributed by atoms with Gasteiger partial charge in [0, 0.05) is 17.8 Å². The van der Waals surface area contributed by atoms with Gasteiger partial charge in [0.15, 0.2) is 0 Å². The molecule has 0 saturated carbocycles. The van der Waals surface area contributed by atoms with Crippen molar-refractivity contribution in [2.45, 2.75) is 6.42 Å². The molecule has 0 bridgehead atoms. The van der Waals surface area contributed by atoms with E-state index in [1.807, 2.05) is 30.3 Å². The highest BCUT2D eigenvalue weighted by Gasteiger charge is 2.11. The van der Waals surface area contributed by atoms with Gasteiger partial charge in [0.05, 0.1) is 5.69 Å². The van der Waals surface area contributed by atoms with Gasteiger partial charge in [-0.15, -0.1) is 0 Å². The molecule has 0 unspecified atom stereocenters. The Hall–Kier alpha value is -2.97. The van der Waals surface area contributed by atoms with E-state index in [9.17, 15) is 9.90 Å². The van der Waals surface area contributed by atoms with Gasteiger partial charge in [-0.1, -0.05) is 41.9 Å². The number of carbonyl (C=O) groups excluding carboxylic acids is 1. The zero-order chi connectivity index (χ0) is 17.4. The Morgan fingerprint density at radius 3 is 2.62 bits per heavy atom. The molecular formula is C18H16ClN3O2. The summed E-state index contributed by atoms with van der Waals surface area (Å²) >= 11 is 6.07. The minimum absolute atomic E-state index is 0.0604. The summed E-state index contributed by atoms with van der Waals surface area (Å²) in [7, 11) is 0. The summed E-state index contributed by atoms with van der Waals surface area (Å²) in [6.45, 7) is 0.527. The third kappa shape index (κ3) is 4.77. The van der Waals surface area contributed by atoms with Crippen LogP contribution in [0, 0.1) is 11.3 Å². The Kier molecular flexibility index (Phi) is 6.23. The van der Waals surface area contributed by atoms with E-state index < -0.39 is 5.91 Å². The second-order valence-electron chi connectivity index (χ2n) is 4.94. The Morgan fingerprint density at radius 1 is 1.21 bits per heavy atom. The van der Waals surface area contributed by atoms with E-state index >= 15 is 0 Å². The molecule has 0 spiro atoms. The number of nitriles is 1. The van der Waals surface area contributed by atoms with Crippen LogP contribution in [0.15, 0.2) is 60.3 Å².